The van der Waals surface area contributed by atoms with Gasteiger partial charge in [0.15, 0.2) is 0 Å². The molecule has 5 heteroatoms. The van der Waals surface area contributed by atoms with E-state index in [1.807, 2.05) is 6.92 Å². The van der Waals surface area contributed by atoms with Crippen LogP contribution in [0.3, 0.4) is 0 Å². The molecule has 1 saturated heterocycles. The van der Waals surface area contributed by atoms with Crippen LogP contribution < -0.4 is 5.32 Å². The topological polar surface area (TPSA) is 67.3 Å². The Morgan fingerprint density at radius 2 is 2.53 bits per heavy atom. The molecule has 1 aromatic heterocycles. The number of aryl methyl sites for hydroxylation is 1. The van der Waals surface area contributed by atoms with E-state index in [-0.39, 0.29) is 0 Å². The second-order valence-corrected chi connectivity index (χ2v) is 3.87. The molecule has 1 atom stereocenters. The molecule has 2 N–H and O–H groups in total. The van der Waals surface area contributed by atoms with Crippen LogP contribution in [0.15, 0.2) is 12.3 Å². The van der Waals surface area contributed by atoms with Gasteiger partial charge in [-0.25, -0.2) is 9.97 Å². The lowest BCUT2D eigenvalue weighted by atomic mass is 10.0. The number of aromatic nitrogens is 2. The second kappa shape index (κ2) is 4.12. The van der Waals surface area contributed by atoms with E-state index in [2.05, 4.69) is 15.3 Å². The summed E-state index contributed by atoms with van der Waals surface area (Å²) >= 11 is 0. The first kappa shape index (κ1) is 10.3. The fourth-order valence-corrected chi connectivity index (χ4v) is 1.55. The summed E-state index contributed by atoms with van der Waals surface area (Å²) in [5, 5.41) is 13.1. The number of ether oxygens (including phenoxy) is 1. The highest BCUT2D eigenvalue weighted by atomic mass is 16.5. The van der Waals surface area contributed by atoms with Gasteiger partial charge in [-0.2, -0.15) is 0 Å². The predicted octanol–water partition coefficient (Wildman–Crippen LogP) is 0.348. The molecule has 15 heavy (non-hydrogen) atoms. The lowest BCUT2D eigenvalue weighted by Crippen LogP contribution is -2.37. The highest BCUT2D eigenvalue weighted by Gasteiger charge is 2.31. The van der Waals surface area contributed by atoms with E-state index in [1.54, 1.807) is 12.3 Å². The van der Waals surface area contributed by atoms with Crippen LogP contribution >= 0.6 is 0 Å². The highest BCUT2D eigenvalue weighted by Crippen LogP contribution is 2.18. The summed E-state index contributed by atoms with van der Waals surface area (Å²) in [6.45, 7) is 3.31. The van der Waals surface area contributed by atoms with Gasteiger partial charge in [-0.05, 0) is 13.0 Å². The molecule has 2 heterocycles. The van der Waals surface area contributed by atoms with Crippen molar-refractivity contribution in [1.29, 1.82) is 0 Å². The zero-order chi connectivity index (χ0) is 10.7. The molecule has 0 amide bonds. The Morgan fingerprint density at radius 3 is 3.20 bits per heavy atom. The van der Waals surface area contributed by atoms with Gasteiger partial charge in [-0.1, -0.05) is 0 Å². The maximum atomic E-state index is 9.99. The lowest BCUT2D eigenvalue weighted by molar-refractivity contribution is 0.0381. The van der Waals surface area contributed by atoms with E-state index >= 15 is 0 Å². The molecule has 1 aliphatic heterocycles. The van der Waals surface area contributed by atoms with Crippen molar-refractivity contribution in [3.63, 3.8) is 0 Å². The van der Waals surface area contributed by atoms with Crippen molar-refractivity contribution in [3.8, 4) is 0 Å². The molecule has 0 spiro atoms. The molecular formula is C10H15N3O2. The number of nitrogens with zero attached hydrogens (tertiary/aromatic N) is 2. The molecule has 5 nitrogen and oxygen atoms in total. The smallest absolute Gasteiger partial charge is 0.129 e. The van der Waals surface area contributed by atoms with Crippen LogP contribution in [0.25, 0.3) is 0 Å². The standard InChI is InChI=1S/C10H15N3O2/c1-8-11-4-2-9(13-8)12-6-10(14)3-5-15-7-10/h2,4,14H,3,5-7H2,1H3,(H,11,12,13)/t10-/m0/s1. The van der Waals surface area contributed by atoms with Crippen LogP contribution in [-0.4, -0.2) is 40.4 Å². The average molecular weight is 209 g/mol. The summed E-state index contributed by atoms with van der Waals surface area (Å²) in [7, 11) is 0. The number of hydrogen-bond donors (Lipinski definition) is 2. The minimum Gasteiger partial charge on any atom is -0.386 e. The maximum absolute atomic E-state index is 9.99. The number of aliphatic hydroxyl groups is 1. The molecule has 0 aliphatic carbocycles. The van der Waals surface area contributed by atoms with Gasteiger partial charge < -0.3 is 15.2 Å². The van der Waals surface area contributed by atoms with Gasteiger partial charge in [-0.3, -0.25) is 0 Å². The normalized spacial score (nSPS) is 25.5. The Balaban J connectivity index is 1.92. The van der Waals surface area contributed by atoms with E-state index < -0.39 is 5.60 Å². The Hall–Kier alpha value is -1.20. The first-order valence-corrected chi connectivity index (χ1v) is 5.02. The van der Waals surface area contributed by atoms with E-state index in [4.69, 9.17) is 4.74 Å². The Bertz CT molecular complexity index is 337. The SMILES string of the molecule is Cc1nccc(NC[C@@]2(O)CCOC2)n1. The number of anilines is 1. The van der Waals surface area contributed by atoms with E-state index in [0.717, 1.165) is 11.6 Å². The van der Waals surface area contributed by atoms with Crippen LogP contribution in [0.5, 0.6) is 0 Å². The Morgan fingerprint density at radius 1 is 1.67 bits per heavy atom. The van der Waals surface area contributed by atoms with Crippen LogP contribution in [0.2, 0.25) is 0 Å². The molecule has 0 bridgehead atoms. The molecule has 0 saturated carbocycles. The monoisotopic (exact) mass is 209 g/mol. The highest BCUT2D eigenvalue weighted by molar-refractivity contribution is 5.33. The second-order valence-electron chi connectivity index (χ2n) is 3.87. The van der Waals surface area contributed by atoms with Gasteiger partial charge in [0.05, 0.1) is 6.61 Å². The Labute approximate surface area is 88.5 Å². The third-order valence-corrected chi connectivity index (χ3v) is 2.46. The first-order chi connectivity index (χ1) is 7.18. The summed E-state index contributed by atoms with van der Waals surface area (Å²) in [4.78, 5) is 8.19. The third-order valence-electron chi connectivity index (χ3n) is 2.46. The third kappa shape index (κ3) is 2.64. The number of rotatable bonds is 3. The van der Waals surface area contributed by atoms with Crippen LogP contribution in [0.4, 0.5) is 5.82 Å². The van der Waals surface area contributed by atoms with Gasteiger partial charge in [0.2, 0.25) is 0 Å². The van der Waals surface area contributed by atoms with Gasteiger partial charge >= 0.3 is 0 Å². The largest absolute Gasteiger partial charge is 0.386 e. The minimum absolute atomic E-state index is 0.393. The summed E-state index contributed by atoms with van der Waals surface area (Å²) in [6, 6.07) is 1.78. The van der Waals surface area contributed by atoms with Crippen LogP contribution in [0, 0.1) is 6.92 Å². The van der Waals surface area contributed by atoms with Gasteiger partial charge in [0.1, 0.15) is 17.2 Å². The van der Waals surface area contributed by atoms with Crippen molar-refractivity contribution in [1.82, 2.24) is 9.97 Å². The molecule has 1 fully saturated rings. The maximum Gasteiger partial charge on any atom is 0.129 e. The molecule has 0 unspecified atom stereocenters. The first-order valence-electron chi connectivity index (χ1n) is 5.02. The molecule has 1 aromatic rings. The van der Waals surface area contributed by atoms with Crippen molar-refractivity contribution in [3.05, 3.63) is 18.1 Å². The summed E-state index contributed by atoms with van der Waals surface area (Å²) in [5.41, 5.74) is -0.751. The predicted molar refractivity (Wildman–Crippen MR) is 55.6 cm³/mol. The molecule has 0 aromatic carbocycles. The van der Waals surface area contributed by atoms with E-state index in [9.17, 15) is 5.11 Å². The molecule has 0 radical (unpaired) electrons. The fraction of sp³-hybridized carbons (Fsp3) is 0.600. The van der Waals surface area contributed by atoms with E-state index in [0.29, 0.717) is 26.2 Å². The minimum atomic E-state index is -0.751. The van der Waals surface area contributed by atoms with Gasteiger partial charge in [0.25, 0.3) is 0 Å². The number of nitrogens with one attached hydrogen (secondary N) is 1. The molecule has 2 rings (SSSR count). The zero-order valence-corrected chi connectivity index (χ0v) is 8.73. The van der Waals surface area contributed by atoms with Crippen molar-refractivity contribution < 1.29 is 9.84 Å². The van der Waals surface area contributed by atoms with Crippen molar-refractivity contribution >= 4 is 5.82 Å². The summed E-state index contributed by atoms with van der Waals surface area (Å²) in [6.07, 6.45) is 2.37. The van der Waals surface area contributed by atoms with Crippen LogP contribution in [-0.2, 0) is 4.74 Å². The van der Waals surface area contributed by atoms with Gasteiger partial charge in [0, 0.05) is 25.8 Å². The molecule has 1 aliphatic rings. The zero-order valence-electron chi connectivity index (χ0n) is 8.73. The van der Waals surface area contributed by atoms with Crippen LogP contribution in [0.1, 0.15) is 12.2 Å². The fourth-order valence-electron chi connectivity index (χ4n) is 1.55. The quantitative estimate of drug-likeness (QED) is 0.751. The lowest BCUT2D eigenvalue weighted by Gasteiger charge is -2.20. The average Bonchev–Trinajstić information content (AvgIpc) is 2.63. The summed E-state index contributed by atoms with van der Waals surface area (Å²) < 4.78 is 5.15. The van der Waals surface area contributed by atoms with E-state index in [1.165, 1.54) is 0 Å². The summed E-state index contributed by atoms with van der Waals surface area (Å²) in [5.74, 6) is 1.46. The molecule has 82 valence electrons. The van der Waals surface area contributed by atoms with Crippen molar-refractivity contribution in [2.24, 2.45) is 0 Å². The number of hydrogen-bond acceptors (Lipinski definition) is 5. The van der Waals surface area contributed by atoms with Crippen molar-refractivity contribution in [2.45, 2.75) is 18.9 Å². The van der Waals surface area contributed by atoms with Crippen molar-refractivity contribution in [2.75, 3.05) is 25.1 Å². The molecular weight excluding hydrogens is 194 g/mol. The Kier molecular flexibility index (Phi) is 2.83. The van der Waals surface area contributed by atoms with Gasteiger partial charge in [-0.15, -0.1) is 0 Å².